The lowest BCUT2D eigenvalue weighted by molar-refractivity contribution is 0.0664. The van der Waals surface area contributed by atoms with Crippen LogP contribution in [0.2, 0.25) is 0 Å². The zero-order valence-electron chi connectivity index (χ0n) is 17.3. The zero-order valence-corrected chi connectivity index (χ0v) is 18.1. The zero-order chi connectivity index (χ0) is 21.2. The van der Waals surface area contributed by atoms with Crippen molar-refractivity contribution >= 4 is 23.3 Å². The van der Waals surface area contributed by atoms with Gasteiger partial charge in [-0.15, -0.1) is 11.3 Å². The van der Waals surface area contributed by atoms with E-state index in [-0.39, 0.29) is 23.2 Å². The van der Waals surface area contributed by atoms with Crippen LogP contribution in [-0.4, -0.2) is 52.9 Å². The third-order valence-corrected chi connectivity index (χ3v) is 6.20. The molecule has 2 heterocycles. The van der Waals surface area contributed by atoms with Gasteiger partial charge in [0.25, 0.3) is 5.91 Å². The summed E-state index contributed by atoms with van der Waals surface area (Å²) in [6.45, 7) is 10.1. The van der Waals surface area contributed by atoms with Gasteiger partial charge in [0.1, 0.15) is 5.82 Å². The number of halogens is 1. The van der Waals surface area contributed by atoms with Crippen molar-refractivity contribution in [1.82, 2.24) is 20.1 Å². The Bertz CT molecular complexity index is 898. The van der Waals surface area contributed by atoms with E-state index in [0.717, 1.165) is 10.7 Å². The Morgan fingerprint density at radius 1 is 1.17 bits per heavy atom. The highest BCUT2D eigenvalue weighted by Gasteiger charge is 2.25. The molecule has 0 unspecified atom stereocenters. The number of rotatable bonds is 3. The largest absolute Gasteiger partial charge is 0.335 e. The molecule has 3 rings (SSSR count). The second-order valence-corrected chi connectivity index (χ2v) is 9.15. The summed E-state index contributed by atoms with van der Waals surface area (Å²) in [5.74, 6) is -0.591. The molecule has 156 valence electrons. The molecule has 0 bridgehead atoms. The Hall–Kier alpha value is -2.48. The summed E-state index contributed by atoms with van der Waals surface area (Å²) >= 11 is 1.60. The van der Waals surface area contributed by atoms with Gasteiger partial charge in [0.05, 0.1) is 17.2 Å². The van der Waals surface area contributed by atoms with Crippen molar-refractivity contribution in [2.75, 3.05) is 26.2 Å². The fourth-order valence-electron chi connectivity index (χ4n) is 3.03. The second kappa shape index (κ2) is 8.49. The maximum absolute atomic E-state index is 13.7. The third kappa shape index (κ3) is 5.12. The van der Waals surface area contributed by atoms with Gasteiger partial charge in [-0.1, -0.05) is 26.8 Å². The molecule has 1 aromatic carbocycles. The Labute approximate surface area is 174 Å². The number of hydrogen-bond acceptors (Lipinski definition) is 4. The number of carbonyl (C=O) groups is 2. The third-order valence-electron chi connectivity index (χ3n) is 4.89. The Kier molecular flexibility index (Phi) is 6.21. The summed E-state index contributed by atoms with van der Waals surface area (Å²) in [6, 6.07) is 4.36. The van der Waals surface area contributed by atoms with Crippen molar-refractivity contribution in [1.29, 1.82) is 0 Å². The second-order valence-electron chi connectivity index (χ2n) is 8.30. The SMILES string of the molecule is Cc1ccc(C(=O)N2CCN(C(=O)NCc3csc(C(C)(C)C)n3)CC2)cc1F. The number of aryl methyl sites for hydroxylation is 1. The molecule has 0 aliphatic carbocycles. The number of nitrogens with zero attached hydrogens (tertiary/aromatic N) is 3. The van der Waals surface area contributed by atoms with Crippen molar-refractivity contribution in [3.05, 3.63) is 51.2 Å². The van der Waals surface area contributed by atoms with E-state index in [1.807, 2.05) is 5.38 Å². The van der Waals surface area contributed by atoms with E-state index in [1.165, 1.54) is 6.07 Å². The first-order chi connectivity index (χ1) is 13.6. The van der Waals surface area contributed by atoms with Crippen molar-refractivity contribution < 1.29 is 14.0 Å². The normalized spacial score (nSPS) is 14.8. The molecule has 8 heteroatoms. The minimum atomic E-state index is -0.384. The van der Waals surface area contributed by atoms with Gasteiger partial charge in [0, 0.05) is 42.5 Å². The van der Waals surface area contributed by atoms with Crippen LogP contribution in [0.5, 0.6) is 0 Å². The van der Waals surface area contributed by atoms with Crippen LogP contribution in [0.15, 0.2) is 23.6 Å². The van der Waals surface area contributed by atoms with E-state index in [1.54, 1.807) is 40.2 Å². The molecule has 0 saturated carbocycles. The first-order valence-electron chi connectivity index (χ1n) is 9.68. The standard InChI is InChI=1S/C21H27FN4O2S/c1-14-5-6-15(11-17(14)22)18(27)25-7-9-26(10-8-25)20(28)23-12-16-13-29-19(24-16)21(2,3)4/h5-6,11,13H,7-10,12H2,1-4H3,(H,23,28). The number of carbonyl (C=O) groups excluding carboxylic acids is 2. The highest BCUT2D eigenvalue weighted by Crippen LogP contribution is 2.25. The van der Waals surface area contributed by atoms with Crippen molar-refractivity contribution in [3.63, 3.8) is 0 Å². The fraction of sp³-hybridized carbons (Fsp3) is 0.476. The van der Waals surface area contributed by atoms with Gasteiger partial charge in [0.2, 0.25) is 0 Å². The lowest BCUT2D eigenvalue weighted by Crippen LogP contribution is -2.53. The minimum absolute atomic E-state index is 0.00381. The van der Waals surface area contributed by atoms with Crippen molar-refractivity contribution in [2.45, 2.75) is 39.7 Å². The molecule has 1 N–H and O–H groups in total. The highest BCUT2D eigenvalue weighted by molar-refractivity contribution is 7.09. The van der Waals surface area contributed by atoms with Crippen LogP contribution in [0, 0.1) is 12.7 Å². The molecule has 3 amide bonds. The molecule has 6 nitrogen and oxygen atoms in total. The molecule has 1 fully saturated rings. The molecule has 2 aromatic rings. The topological polar surface area (TPSA) is 65.5 Å². The maximum atomic E-state index is 13.7. The van der Waals surface area contributed by atoms with Crippen LogP contribution >= 0.6 is 11.3 Å². The van der Waals surface area contributed by atoms with E-state index >= 15 is 0 Å². The molecule has 0 radical (unpaired) electrons. The molecule has 1 aliphatic rings. The molecule has 1 aromatic heterocycles. The average Bonchev–Trinajstić information content (AvgIpc) is 3.17. The summed E-state index contributed by atoms with van der Waals surface area (Å²) in [6.07, 6.45) is 0. The smallest absolute Gasteiger partial charge is 0.317 e. The van der Waals surface area contributed by atoms with Gasteiger partial charge in [-0.3, -0.25) is 4.79 Å². The van der Waals surface area contributed by atoms with Crippen LogP contribution in [0.1, 0.15) is 47.4 Å². The van der Waals surface area contributed by atoms with Crippen molar-refractivity contribution in [2.24, 2.45) is 0 Å². The van der Waals surface area contributed by atoms with Crippen LogP contribution in [-0.2, 0) is 12.0 Å². The number of nitrogens with one attached hydrogen (secondary N) is 1. The Morgan fingerprint density at radius 3 is 2.41 bits per heavy atom. The van der Waals surface area contributed by atoms with Gasteiger partial charge >= 0.3 is 6.03 Å². The first kappa shape index (κ1) is 21.2. The van der Waals surface area contributed by atoms with E-state index in [9.17, 15) is 14.0 Å². The summed E-state index contributed by atoms with van der Waals surface area (Å²) in [7, 11) is 0. The van der Waals surface area contributed by atoms with Crippen LogP contribution in [0.4, 0.5) is 9.18 Å². The predicted molar refractivity (Wildman–Crippen MR) is 112 cm³/mol. The lowest BCUT2D eigenvalue weighted by atomic mass is 9.98. The molecule has 29 heavy (non-hydrogen) atoms. The molecular formula is C21H27FN4O2S. The molecule has 1 saturated heterocycles. The van der Waals surface area contributed by atoms with E-state index in [2.05, 4.69) is 31.1 Å². The number of hydrogen-bond donors (Lipinski definition) is 1. The fourth-order valence-corrected chi connectivity index (χ4v) is 3.94. The molecular weight excluding hydrogens is 391 g/mol. The number of thiazole rings is 1. The maximum Gasteiger partial charge on any atom is 0.317 e. The monoisotopic (exact) mass is 418 g/mol. The summed E-state index contributed by atoms with van der Waals surface area (Å²) in [5, 5.41) is 5.91. The Morgan fingerprint density at radius 2 is 1.83 bits per heavy atom. The van der Waals surface area contributed by atoms with Gasteiger partial charge < -0.3 is 15.1 Å². The highest BCUT2D eigenvalue weighted by atomic mass is 32.1. The quantitative estimate of drug-likeness (QED) is 0.829. The molecule has 1 aliphatic heterocycles. The average molecular weight is 419 g/mol. The number of piperazine rings is 1. The Balaban J connectivity index is 1.49. The summed E-state index contributed by atoms with van der Waals surface area (Å²) < 4.78 is 13.7. The van der Waals surface area contributed by atoms with E-state index in [0.29, 0.717) is 43.9 Å². The number of aromatic nitrogens is 1. The number of amides is 3. The lowest BCUT2D eigenvalue weighted by Gasteiger charge is -2.34. The number of benzene rings is 1. The first-order valence-corrected chi connectivity index (χ1v) is 10.6. The summed E-state index contributed by atoms with van der Waals surface area (Å²) in [5.41, 5.74) is 1.70. The summed E-state index contributed by atoms with van der Waals surface area (Å²) in [4.78, 5) is 32.9. The molecule has 0 atom stereocenters. The minimum Gasteiger partial charge on any atom is -0.335 e. The van der Waals surface area contributed by atoms with Crippen LogP contribution in [0.25, 0.3) is 0 Å². The van der Waals surface area contributed by atoms with Crippen molar-refractivity contribution in [3.8, 4) is 0 Å². The molecule has 0 spiro atoms. The van der Waals surface area contributed by atoms with Gasteiger partial charge in [-0.2, -0.15) is 0 Å². The van der Waals surface area contributed by atoms with Gasteiger partial charge in [-0.25, -0.2) is 14.2 Å². The van der Waals surface area contributed by atoms with Gasteiger partial charge in [-0.05, 0) is 24.6 Å². The number of urea groups is 1. The predicted octanol–water partition coefficient (Wildman–Crippen LogP) is 3.56. The van der Waals surface area contributed by atoms with Crippen LogP contribution in [0.3, 0.4) is 0 Å². The van der Waals surface area contributed by atoms with Crippen LogP contribution < -0.4 is 5.32 Å². The van der Waals surface area contributed by atoms with E-state index in [4.69, 9.17) is 0 Å². The van der Waals surface area contributed by atoms with Gasteiger partial charge in [0.15, 0.2) is 0 Å². The van der Waals surface area contributed by atoms with E-state index < -0.39 is 0 Å².